The average molecular weight is 157 g/mol. The molecule has 0 radical (unpaired) electrons. The molecule has 0 aliphatic carbocycles. The highest BCUT2D eigenvalue weighted by atomic mass is 16.6. The molecular formula is C8H15NO2. The minimum Gasteiger partial charge on any atom is -0.264 e. The van der Waals surface area contributed by atoms with E-state index in [4.69, 9.17) is 0 Å². The number of nitro groups is 1. The van der Waals surface area contributed by atoms with Gasteiger partial charge in [0.15, 0.2) is 0 Å². The van der Waals surface area contributed by atoms with Gasteiger partial charge < -0.3 is 0 Å². The predicted molar refractivity (Wildman–Crippen MR) is 45.1 cm³/mol. The molecule has 0 aromatic heterocycles. The molecule has 0 saturated heterocycles. The van der Waals surface area contributed by atoms with Crippen LogP contribution in [0.15, 0.2) is 12.2 Å². The predicted octanol–water partition coefficient (Wildman–Crippen LogP) is 2.40. The summed E-state index contributed by atoms with van der Waals surface area (Å²) in [4.78, 5) is 9.52. The lowest BCUT2D eigenvalue weighted by molar-refractivity contribution is -0.468. The van der Waals surface area contributed by atoms with Crippen LogP contribution in [0.4, 0.5) is 0 Å². The van der Waals surface area contributed by atoms with E-state index in [-0.39, 0.29) is 11.5 Å². The summed E-state index contributed by atoms with van der Waals surface area (Å²) in [7, 11) is 0. The quantitative estimate of drug-likeness (QED) is 0.257. The Kier molecular flexibility index (Phi) is 6.68. The fourth-order valence-electron chi connectivity index (χ4n) is 0.791. The second kappa shape index (κ2) is 7.25. The molecule has 0 N–H and O–H groups in total. The summed E-state index contributed by atoms with van der Waals surface area (Å²) in [6, 6.07) is 0. The number of nitrogens with zero attached hydrogens (tertiary/aromatic N) is 1. The maximum Gasteiger partial charge on any atom is 0.222 e. The SMILES string of the molecule is CCCCCC=CC[N+](=O)[O-]. The summed E-state index contributed by atoms with van der Waals surface area (Å²) in [5, 5.41) is 9.84. The van der Waals surface area contributed by atoms with E-state index in [1.165, 1.54) is 12.8 Å². The van der Waals surface area contributed by atoms with Crippen LogP contribution in [0.1, 0.15) is 32.6 Å². The van der Waals surface area contributed by atoms with Crippen LogP contribution in [0.25, 0.3) is 0 Å². The van der Waals surface area contributed by atoms with Crippen LogP contribution >= 0.6 is 0 Å². The second-order valence-corrected chi connectivity index (χ2v) is 2.48. The van der Waals surface area contributed by atoms with Crippen LogP contribution in [-0.4, -0.2) is 11.5 Å². The molecule has 0 rings (SSSR count). The summed E-state index contributed by atoms with van der Waals surface area (Å²) in [6.45, 7) is 2.10. The van der Waals surface area contributed by atoms with E-state index in [0.717, 1.165) is 12.8 Å². The number of unbranched alkanes of at least 4 members (excludes halogenated alkanes) is 3. The highest BCUT2D eigenvalue weighted by molar-refractivity contribution is 4.80. The topological polar surface area (TPSA) is 43.1 Å². The van der Waals surface area contributed by atoms with Crippen LogP contribution in [0, 0.1) is 10.1 Å². The molecule has 0 bridgehead atoms. The van der Waals surface area contributed by atoms with Crippen molar-refractivity contribution in [3.05, 3.63) is 22.3 Å². The van der Waals surface area contributed by atoms with Gasteiger partial charge in [0, 0.05) is 4.92 Å². The van der Waals surface area contributed by atoms with Crippen molar-refractivity contribution < 1.29 is 4.92 Å². The fraction of sp³-hybridized carbons (Fsp3) is 0.750. The van der Waals surface area contributed by atoms with Crippen molar-refractivity contribution >= 4 is 0 Å². The van der Waals surface area contributed by atoms with Crippen molar-refractivity contribution in [2.75, 3.05) is 6.54 Å². The summed E-state index contributed by atoms with van der Waals surface area (Å²) in [6.07, 6.45) is 8.03. The summed E-state index contributed by atoms with van der Waals surface area (Å²) in [5.41, 5.74) is 0. The second-order valence-electron chi connectivity index (χ2n) is 2.48. The lowest BCUT2D eigenvalue weighted by Gasteiger charge is -1.90. The zero-order valence-corrected chi connectivity index (χ0v) is 6.95. The van der Waals surface area contributed by atoms with Gasteiger partial charge in [0.25, 0.3) is 0 Å². The molecule has 0 amide bonds. The Morgan fingerprint density at radius 2 is 2.09 bits per heavy atom. The van der Waals surface area contributed by atoms with E-state index < -0.39 is 0 Å². The number of hydrogen-bond donors (Lipinski definition) is 0. The zero-order chi connectivity index (χ0) is 8.53. The van der Waals surface area contributed by atoms with Gasteiger partial charge in [0.05, 0.1) is 0 Å². The Balaban J connectivity index is 3.10. The first kappa shape index (κ1) is 10.1. The number of hydrogen-bond acceptors (Lipinski definition) is 2. The molecule has 0 aromatic rings. The van der Waals surface area contributed by atoms with E-state index in [0.29, 0.717) is 0 Å². The highest BCUT2D eigenvalue weighted by Gasteiger charge is 1.87. The molecule has 0 heterocycles. The monoisotopic (exact) mass is 157 g/mol. The molecule has 11 heavy (non-hydrogen) atoms. The average Bonchev–Trinajstić information content (AvgIpc) is 1.96. The van der Waals surface area contributed by atoms with Gasteiger partial charge in [-0.05, 0) is 18.9 Å². The lowest BCUT2D eigenvalue weighted by atomic mass is 10.2. The van der Waals surface area contributed by atoms with Crippen LogP contribution in [-0.2, 0) is 0 Å². The van der Waals surface area contributed by atoms with Gasteiger partial charge in [-0.1, -0.05) is 25.8 Å². The van der Waals surface area contributed by atoms with Gasteiger partial charge in [0.2, 0.25) is 6.54 Å². The third-order valence-electron chi connectivity index (χ3n) is 1.40. The molecule has 0 fully saturated rings. The fourth-order valence-corrected chi connectivity index (χ4v) is 0.791. The van der Waals surface area contributed by atoms with Crippen molar-refractivity contribution in [2.45, 2.75) is 32.6 Å². The lowest BCUT2D eigenvalue weighted by Crippen LogP contribution is -1.95. The molecule has 3 heteroatoms. The van der Waals surface area contributed by atoms with Gasteiger partial charge in [-0.2, -0.15) is 0 Å². The van der Waals surface area contributed by atoms with Gasteiger partial charge in [-0.15, -0.1) is 0 Å². The zero-order valence-electron chi connectivity index (χ0n) is 6.95. The maximum atomic E-state index is 9.84. The van der Waals surface area contributed by atoms with Crippen molar-refractivity contribution in [3.8, 4) is 0 Å². The van der Waals surface area contributed by atoms with Crippen LogP contribution in [0.5, 0.6) is 0 Å². The molecule has 0 unspecified atom stereocenters. The molecule has 0 atom stereocenters. The summed E-state index contributed by atoms with van der Waals surface area (Å²) in [5.74, 6) is 0. The van der Waals surface area contributed by atoms with E-state index >= 15 is 0 Å². The first-order chi connectivity index (χ1) is 5.27. The smallest absolute Gasteiger partial charge is 0.222 e. The maximum absolute atomic E-state index is 9.84. The Bertz CT molecular complexity index is 132. The van der Waals surface area contributed by atoms with Gasteiger partial charge in [-0.3, -0.25) is 10.1 Å². The molecule has 3 nitrogen and oxygen atoms in total. The van der Waals surface area contributed by atoms with E-state index in [1.807, 2.05) is 6.08 Å². The third-order valence-corrected chi connectivity index (χ3v) is 1.40. The van der Waals surface area contributed by atoms with Crippen molar-refractivity contribution in [1.29, 1.82) is 0 Å². The van der Waals surface area contributed by atoms with E-state index in [9.17, 15) is 10.1 Å². The molecule has 0 aromatic carbocycles. The number of rotatable bonds is 6. The summed E-state index contributed by atoms with van der Waals surface area (Å²) >= 11 is 0. The van der Waals surface area contributed by atoms with E-state index in [1.54, 1.807) is 6.08 Å². The Morgan fingerprint density at radius 3 is 2.64 bits per heavy atom. The molecule has 0 aliphatic rings. The summed E-state index contributed by atoms with van der Waals surface area (Å²) < 4.78 is 0. The van der Waals surface area contributed by atoms with Gasteiger partial charge in [-0.25, -0.2) is 0 Å². The molecular weight excluding hydrogens is 142 g/mol. The number of allylic oxidation sites excluding steroid dienone is 1. The largest absolute Gasteiger partial charge is 0.264 e. The molecule has 0 saturated carbocycles. The van der Waals surface area contributed by atoms with E-state index in [2.05, 4.69) is 6.92 Å². The molecule has 0 aliphatic heterocycles. The molecule has 64 valence electrons. The van der Waals surface area contributed by atoms with Gasteiger partial charge >= 0.3 is 0 Å². The molecule has 0 spiro atoms. The standard InChI is InChI=1S/C8H15NO2/c1-2-3-4-5-6-7-8-9(10)11/h6-7H,2-5,8H2,1H3. The van der Waals surface area contributed by atoms with Crippen LogP contribution in [0.3, 0.4) is 0 Å². The normalized spacial score (nSPS) is 10.6. The van der Waals surface area contributed by atoms with Crippen LogP contribution < -0.4 is 0 Å². The minimum atomic E-state index is -0.323. The minimum absolute atomic E-state index is 0.0356. The first-order valence-electron chi connectivity index (χ1n) is 4.04. The third kappa shape index (κ3) is 9.14. The Morgan fingerprint density at radius 1 is 1.36 bits per heavy atom. The van der Waals surface area contributed by atoms with Crippen molar-refractivity contribution in [1.82, 2.24) is 0 Å². The van der Waals surface area contributed by atoms with Crippen molar-refractivity contribution in [2.24, 2.45) is 0 Å². The Hall–Kier alpha value is -0.860. The first-order valence-corrected chi connectivity index (χ1v) is 4.04. The van der Waals surface area contributed by atoms with Crippen LogP contribution in [0.2, 0.25) is 0 Å². The van der Waals surface area contributed by atoms with Crippen molar-refractivity contribution in [3.63, 3.8) is 0 Å². The Labute approximate surface area is 67.3 Å². The highest BCUT2D eigenvalue weighted by Crippen LogP contribution is 1.98. The van der Waals surface area contributed by atoms with Gasteiger partial charge in [0.1, 0.15) is 0 Å².